The minimum Gasteiger partial charge on any atom is -0.351 e. The normalized spacial score (nSPS) is 19.1. The fourth-order valence-corrected chi connectivity index (χ4v) is 5.91. The van der Waals surface area contributed by atoms with E-state index in [0.717, 1.165) is 41.1 Å². The van der Waals surface area contributed by atoms with Gasteiger partial charge in [0, 0.05) is 43.0 Å². The lowest BCUT2D eigenvalue weighted by Crippen LogP contribution is -2.51. The molecular formula is C25H23F6N5O3S. The number of nitrogens with one attached hydrogen (secondary N) is 1. The molecule has 2 atom stereocenters. The summed E-state index contributed by atoms with van der Waals surface area (Å²) in [5.74, 6) is -3.93. The summed E-state index contributed by atoms with van der Waals surface area (Å²) >= 11 is 0. The lowest BCUT2D eigenvalue weighted by atomic mass is 10.0. The zero-order valence-corrected chi connectivity index (χ0v) is 21.5. The van der Waals surface area contributed by atoms with Gasteiger partial charge in [0.2, 0.25) is 21.8 Å². The van der Waals surface area contributed by atoms with Gasteiger partial charge in [0.05, 0.1) is 16.8 Å². The van der Waals surface area contributed by atoms with Crippen molar-refractivity contribution in [2.45, 2.75) is 55.5 Å². The Morgan fingerprint density at radius 3 is 2.45 bits per heavy atom. The molecule has 214 valence electrons. The summed E-state index contributed by atoms with van der Waals surface area (Å²) in [6, 6.07) is 3.88. The number of pyridine rings is 1. The van der Waals surface area contributed by atoms with Gasteiger partial charge in [0.25, 0.3) is 0 Å². The van der Waals surface area contributed by atoms with Crippen molar-refractivity contribution in [3.63, 3.8) is 0 Å². The van der Waals surface area contributed by atoms with Crippen molar-refractivity contribution in [2.75, 3.05) is 6.54 Å². The van der Waals surface area contributed by atoms with Crippen molar-refractivity contribution in [3.05, 3.63) is 71.9 Å². The summed E-state index contributed by atoms with van der Waals surface area (Å²) in [7, 11) is -4.40. The third-order valence-corrected chi connectivity index (χ3v) is 8.17. The minimum absolute atomic E-state index is 0.0180. The number of alkyl halides is 4. The van der Waals surface area contributed by atoms with E-state index in [9.17, 15) is 39.6 Å². The number of halogens is 6. The van der Waals surface area contributed by atoms with Crippen LogP contribution in [-0.4, -0.2) is 52.3 Å². The molecule has 40 heavy (non-hydrogen) atoms. The Bertz CT molecular complexity index is 1470. The van der Waals surface area contributed by atoms with Crippen LogP contribution in [0.25, 0.3) is 11.3 Å². The van der Waals surface area contributed by atoms with Gasteiger partial charge < -0.3 is 5.32 Å². The van der Waals surface area contributed by atoms with Crippen LogP contribution in [0.5, 0.6) is 0 Å². The number of sulfonamides is 1. The Labute approximate surface area is 225 Å². The van der Waals surface area contributed by atoms with Gasteiger partial charge in [-0.05, 0) is 43.5 Å². The molecule has 3 heterocycles. The predicted molar refractivity (Wildman–Crippen MR) is 130 cm³/mol. The smallest absolute Gasteiger partial charge is 0.351 e. The van der Waals surface area contributed by atoms with Crippen LogP contribution in [0, 0.1) is 11.6 Å². The number of nitrogens with zero attached hydrogens (tertiary/aromatic N) is 4. The molecule has 1 amide bonds. The summed E-state index contributed by atoms with van der Waals surface area (Å²) < 4.78 is 109. The van der Waals surface area contributed by atoms with Crippen LogP contribution in [0.4, 0.5) is 26.3 Å². The molecule has 2 aromatic heterocycles. The largest absolute Gasteiger partial charge is 0.451 e. The van der Waals surface area contributed by atoms with Crippen LogP contribution in [0.1, 0.15) is 37.1 Å². The van der Waals surface area contributed by atoms with E-state index in [2.05, 4.69) is 20.3 Å². The second-order valence-corrected chi connectivity index (χ2v) is 11.0. The summed E-state index contributed by atoms with van der Waals surface area (Å²) in [6.45, 7) is -0.589. The molecule has 1 aliphatic rings. The molecule has 1 fully saturated rings. The molecule has 1 N–H and O–H groups in total. The van der Waals surface area contributed by atoms with Crippen LogP contribution in [-0.2, 0) is 27.5 Å². The number of carbonyl (C=O) groups is 1. The van der Waals surface area contributed by atoms with Crippen LogP contribution in [0.2, 0.25) is 0 Å². The summed E-state index contributed by atoms with van der Waals surface area (Å²) in [5.41, 5.74) is -0.0573. The number of hydrogen-bond acceptors (Lipinski definition) is 6. The molecule has 15 heteroatoms. The zero-order valence-electron chi connectivity index (χ0n) is 20.7. The molecular weight excluding hydrogens is 564 g/mol. The zero-order chi connectivity index (χ0) is 29.1. The first-order valence-corrected chi connectivity index (χ1v) is 13.5. The van der Waals surface area contributed by atoms with E-state index in [1.165, 1.54) is 12.1 Å². The van der Waals surface area contributed by atoms with Gasteiger partial charge in [-0.15, -0.1) is 0 Å². The molecule has 0 unspecified atom stereocenters. The molecule has 0 aliphatic carbocycles. The third kappa shape index (κ3) is 6.75. The number of amides is 1. The first-order valence-electron chi connectivity index (χ1n) is 12.1. The minimum atomic E-state index is -4.75. The maximum absolute atomic E-state index is 14.6. The maximum atomic E-state index is 14.6. The fourth-order valence-electron chi connectivity index (χ4n) is 4.24. The van der Waals surface area contributed by atoms with Crippen LogP contribution < -0.4 is 5.32 Å². The standard InChI is InChI=1S/C25H23F6N5O3S/c26-17-5-3-6-19(9-17)40(38,39)36-7-2-1-4-18(27)10-22(36)23(37)33-11-15-8-21(32-14-20(15)28)16-12-34-24(35-13-16)25(29,30)31/h3,5-6,8-9,12-14,18,22H,1-2,4,7,10-11H2,(H,33,37)/t18-,22-/m0/s1. The number of aromatic nitrogens is 3. The second kappa shape index (κ2) is 11.9. The molecule has 8 nitrogen and oxygen atoms in total. The number of benzene rings is 1. The Hall–Kier alpha value is -3.59. The lowest BCUT2D eigenvalue weighted by molar-refractivity contribution is -0.145. The Kier molecular flexibility index (Phi) is 8.73. The van der Waals surface area contributed by atoms with E-state index >= 15 is 0 Å². The topological polar surface area (TPSA) is 105 Å². The Balaban J connectivity index is 1.56. The molecule has 1 aliphatic heterocycles. The Morgan fingerprint density at radius 2 is 1.77 bits per heavy atom. The predicted octanol–water partition coefficient (Wildman–Crippen LogP) is 4.42. The van der Waals surface area contributed by atoms with E-state index in [1.807, 2.05) is 0 Å². The molecule has 3 aromatic rings. The highest BCUT2D eigenvalue weighted by molar-refractivity contribution is 7.89. The van der Waals surface area contributed by atoms with Gasteiger partial charge in [-0.1, -0.05) is 6.07 Å². The average molecular weight is 588 g/mol. The van der Waals surface area contributed by atoms with E-state index in [0.29, 0.717) is 6.42 Å². The van der Waals surface area contributed by atoms with E-state index in [4.69, 9.17) is 0 Å². The monoisotopic (exact) mass is 587 g/mol. The lowest BCUT2D eigenvalue weighted by Gasteiger charge is -2.32. The van der Waals surface area contributed by atoms with Crippen molar-refractivity contribution in [1.29, 1.82) is 0 Å². The van der Waals surface area contributed by atoms with Crippen molar-refractivity contribution < 1.29 is 39.6 Å². The summed E-state index contributed by atoms with van der Waals surface area (Å²) in [4.78, 5) is 23.1. The van der Waals surface area contributed by atoms with Gasteiger partial charge >= 0.3 is 6.18 Å². The molecule has 1 aromatic carbocycles. The van der Waals surface area contributed by atoms with Crippen LogP contribution in [0.15, 0.2) is 53.8 Å². The van der Waals surface area contributed by atoms with Crippen molar-refractivity contribution in [3.8, 4) is 11.3 Å². The number of carbonyl (C=O) groups excluding carboxylic acids is 1. The van der Waals surface area contributed by atoms with Gasteiger partial charge in [-0.3, -0.25) is 9.78 Å². The molecule has 0 spiro atoms. The van der Waals surface area contributed by atoms with Crippen molar-refractivity contribution >= 4 is 15.9 Å². The van der Waals surface area contributed by atoms with Gasteiger partial charge in [0.1, 0.15) is 23.8 Å². The van der Waals surface area contributed by atoms with Crippen LogP contribution in [0.3, 0.4) is 0 Å². The highest BCUT2D eigenvalue weighted by Gasteiger charge is 2.38. The fraction of sp³-hybridized carbons (Fsp3) is 0.360. The molecule has 0 radical (unpaired) electrons. The summed E-state index contributed by atoms with van der Waals surface area (Å²) in [5, 5.41) is 2.42. The third-order valence-electron chi connectivity index (χ3n) is 6.27. The van der Waals surface area contributed by atoms with Crippen molar-refractivity contribution in [1.82, 2.24) is 24.6 Å². The number of hydrogen-bond donors (Lipinski definition) is 1. The molecule has 0 saturated carbocycles. The molecule has 1 saturated heterocycles. The molecule has 0 bridgehead atoms. The first kappa shape index (κ1) is 29.4. The quantitative estimate of drug-likeness (QED) is 0.428. The summed E-state index contributed by atoms with van der Waals surface area (Å²) in [6.07, 6.45) is -3.43. The van der Waals surface area contributed by atoms with E-state index in [-0.39, 0.29) is 36.2 Å². The van der Waals surface area contributed by atoms with E-state index < -0.39 is 69.6 Å². The Morgan fingerprint density at radius 1 is 1.05 bits per heavy atom. The van der Waals surface area contributed by atoms with Gasteiger partial charge in [0.15, 0.2) is 0 Å². The number of rotatable bonds is 6. The highest BCUT2D eigenvalue weighted by atomic mass is 32.2. The highest BCUT2D eigenvalue weighted by Crippen LogP contribution is 2.28. The maximum Gasteiger partial charge on any atom is 0.451 e. The van der Waals surface area contributed by atoms with Gasteiger partial charge in [-0.25, -0.2) is 31.6 Å². The van der Waals surface area contributed by atoms with E-state index in [1.54, 1.807) is 0 Å². The average Bonchev–Trinajstić information content (AvgIpc) is 2.89. The SMILES string of the molecule is O=C(NCc1cc(-c2cnc(C(F)(F)F)nc2)ncc1F)[C@@H]1C[C@@H](F)CCCCN1S(=O)(=O)c1cccc(F)c1. The molecule has 4 rings (SSSR count). The second-order valence-electron chi connectivity index (χ2n) is 9.09. The van der Waals surface area contributed by atoms with Crippen molar-refractivity contribution in [2.24, 2.45) is 0 Å². The van der Waals surface area contributed by atoms with Crippen LogP contribution >= 0.6 is 0 Å². The van der Waals surface area contributed by atoms with Gasteiger partial charge in [-0.2, -0.15) is 17.5 Å². The first-order chi connectivity index (χ1) is 18.9.